The number of aliphatic hydroxyl groups excluding tert-OH is 1. The van der Waals surface area contributed by atoms with Crippen LogP contribution >= 0.6 is 11.6 Å². The number of hydrogen-bond acceptors (Lipinski definition) is 3. The molecule has 1 unspecified atom stereocenters. The van der Waals surface area contributed by atoms with Crippen molar-refractivity contribution in [3.8, 4) is 6.07 Å². The number of anilines is 1. The standard InChI is InChI=1S/C10H9ClF2N2O/c11-7-2-1-3-8(6(7)4-14)15-5-9(16)10(12)13/h1-3,9-10,15-16H,5H2. The van der Waals surface area contributed by atoms with Crippen molar-refractivity contribution in [2.75, 3.05) is 11.9 Å². The van der Waals surface area contributed by atoms with Gasteiger partial charge in [0.25, 0.3) is 6.43 Å². The van der Waals surface area contributed by atoms with Crippen molar-refractivity contribution < 1.29 is 13.9 Å². The average molecular weight is 247 g/mol. The molecule has 1 aromatic rings. The van der Waals surface area contributed by atoms with Crippen molar-refractivity contribution in [3.63, 3.8) is 0 Å². The number of nitriles is 1. The summed E-state index contributed by atoms with van der Waals surface area (Å²) in [5, 5.41) is 20.5. The lowest BCUT2D eigenvalue weighted by molar-refractivity contribution is 0.00384. The SMILES string of the molecule is N#Cc1c(Cl)cccc1NCC(O)C(F)F. The average Bonchev–Trinajstić information content (AvgIpc) is 2.25. The fraction of sp³-hybridized carbons (Fsp3) is 0.300. The minimum Gasteiger partial charge on any atom is -0.385 e. The second-order valence-corrected chi connectivity index (χ2v) is 3.46. The molecule has 0 spiro atoms. The van der Waals surface area contributed by atoms with E-state index in [1.54, 1.807) is 6.07 Å². The van der Waals surface area contributed by atoms with Gasteiger partial charge in [-0.1, -0.05) is 17.7 Å². The molecule has 0 saturated carbocycles. The van der Waals surface area contributed by atoms with Crippen molar-refractivity contribution in [3.05, 3.63) is 28.8 Å². The summed E-state index contributed by atoms with van der Waals surface area (Å²) in [4.78, 5) is 0. The largest absolute Gasteiger partial charge is 0.385 e. The van der Waals surface area contributed by atoms with Crippen molar-refractivity contribution in [2.24, 2.45) is 0 Å². The van der Waals surface area contributed by atoms with E-state index in [1.807, 2.05) is 6.07 Å². The van der Waals surface area contributed by atoms with Gasteiger partial charge in [-0.15, -0.1) is 0 Å². The maximum absolute atomic E-state index is 12.0. The first kappa shape index (κ1) is 12.7. The van der Waals surface area contributed by atoms with Gasteiger partial charge >= 0.3 is 0 Å². The Labute approximate surface area is 96.3 Å². The Balaban J connectivity index is 2.75. The van der Waals surface area contributed by atoms with E-state index in [0.29, 0.717) is 5.69 Å². The summed E-state index contributed by atoms with van der Waals surface area (Å²) in [6, 6.07) is 6.49. The molecule has 0 amide bonds. The van der Waals surface area contributed by atoms with E-state index in [0.717, 1.165) is 0 Å². The zero-order chi connectivity index (χ0) is 12.1. The number of aliphatic hydroxyl groups is 1. The Morgan fingerprint density at radius 2 is 2.19 bits per heavy atom. The molecule has 86 valence electrons. The number of benzene rings is 1. The van der Waals surface area contributed by atoms with Crippen LogP contribution in [0.15, 0.2) is 18.2 Å². The van der Waals surface area contributed by atoms with Gasteiger partial charge in [-0.2, -0.15) is 5.26 Å². The molecular weight excluding hydrogens is 238 g/mol. The lowest BCUT2D eigenvalue weighted by Gasteiger charge is -2.13. The third-order valence-corrected chi connectivity index (χ3v) is 2.23. The highest BCUT2D eigenvalue weighted by Gasteiger charge is 2.17. The number of alkyl halides is 2. The first-order valence-corrected chi connectivity index (χ1v) is 4.82. The minimum atomic E-state index is -2.82. The normalized spacial score (nSPS) is 12.2. The molecule has 0 bridgehead atoms. The van der Waals surface area contributed by atoms with Gasteiger partial charge in [0.15, 0.2) is 0 Å². The lowest BCUT2D eigenvalue weighted by atomic mass is 10.2. The molecule has 0 aliphatic rings. The first-order valence-electron chi connectivity index (χ1n) is 4.45. The summed E-state index contributed by atoms with van der Waals surface area (Å²) < 4.78 is 24.0. The quantitative estimate of drug-likeness (QED) is 0.857. The lowest BCUT2D eigenvalue weighted by Crippen LogP contribution is -2.27. The molecule has 16 heavy (non-hydrogen) atoms. The molecule has 1 atom stereocenters. The number of rotatable bonds is 4. The highest BCUT2D eigenvalue weighted by Crippen LogP contribution is 2.23. The van der Waals surface area contributed by atoms with Crippen LogP contribution in [0.1, 0.15) is 5.56 Å². The summed E-state index contributed by atoms with van der Waals surface area (Å²) >= 11 is 5.73. The molecule has 2 N–H and O–H groups in total. The Hall–Kier alpha value is -1.38. The van der Waals surface area contributed by atoms with Crippen LogP contribution in [0.5, 0.6) is 0 Å². The second-order valence-electron chi connectivity index (χ2n) is 3.06. The molecule has 1 rings (SSSR count). The third kappa shape index (κ3) is 3.05. The smallest absolute Gasteiger partial charge is 0.265 e. The number of nitrogens with zero attached hydrogens (tertiary/aromatic N) is 1. The van der Waals surface area contributed by atoms with E-state index >= 15 is 0 Å². The summed E-state index contributed by atoms with van der Waals surface area (Å²) in [7, 11) is 0. The fourth-order valence-electron chi connectivity index (χ4n) is 1.09. The Morgan fingerprint density at radius 1 is 1.50 bits per heavy atom. The van der Waals surface area contributed by atoms with Crippen LogP contribution in [0, 0.1) is 11.3 Å². The number of nitrogens with one attached hydrogen (secondary N) is 1. The van der Waals surface area contributed by atoms with Gasteiger partial charge in [-0.3, -0.25) is 0 Å². The predicted octanol–water partition coefficient (Wildman–Crippen LogP) is 2.25. The van der Waals surface area contributed by atoms with Gasteiger partial charge in [0.1, 0.15) is 12.2 Å². The molecule has 0 aliphatic heterocycles. The van der Waals surface area contributed by atoms with E-state index < -0.39 is 12.5 Å². The Kier molecular flexibility index (Phi) is 4.47. The Bertz CT molecular complexity index is 406. The van der Waals surface area contributed by atoms with E-state index in [2.05, 4.69) is 5.32 Å². The zero-order valence-electron chi connectivity index (χ0n) is 8.12. The highest BCUT2D eigenvalue weighted by molar-refractivity contribution is 6.32. The van der Waals surface area contributed by atoms with E-state index in [1.165, 1.54) is 12.1 Å². The van der Waals surface area contributed by atoms with Crippen LogP contribution < -0.4 is 5.32 Å². The van der Waals surface area contributed by atoms with Gasteiger partial charge < -0.3 is 10.4 Å². The van der Waals surface area contributed by atoms with Crippen molar-refractivity contribution in [1.82, 2.24) is 0 Å². The molecule has 0 aliphatic carbocycles. The summed E-state index contributed by atoms with van der Waals surface area (Å²) in [6.45, 7) is -0.341. The molecule has 0 heterocycles. The fourth-order valence-corrected chi connectivity index (χ4v) is 1.31. The van der Waals surface area contributed by atoms with Crippen LogP contribution in [-0.2, 0) is 0 Å². The van der Waals surface area contributed by atoms with Gasteiger partial charge in [0.2, 0.25) is 0 Å². The van der Waals surface area contributed by atoms with E-state index in [9.17, 15) is 8.78 Å². The maximum atomic E-state index is 12.0. The van der Waals surface area contributed by atoms with Gasteiger partial charge in [-0.05, 0) is 12.1 Å². The topological polar surface area (TPSA) is 56.0 Å². The van der Waals surface area contributed by atoms with Crippen LogP contribution in [0.3, 0.4) is 0 Å². The summed E-state index contributed by atoms with van der Waals surface area (Å²) in [6.07, 6.45) is -4.59. The predicted molar refractivity (Wildman–Crippen MR) is 56.7 cm³/mol. The van der Waals surface area contributed by atoms with E-state index in [4.69, 9.17) is 22.0 Å². The molecular formula is C10H9ClF2N2O. The van der Waals surface area contributed by atoms with Crippen LogP contribution in [0.2, 0.25) is 5.02 Å². The maximum Gasteiger partial charge on any atom is 0.265 e. The number of halogens is 3. The van der Waals surface area contributed by atoms with E-state index in [-0.39, 0.29) is 17.1 Å². The molecule has 0 saturated heterocycles. The van der Waals surface area contributed by atoms with Gasteiger partial charge in [0, 0.05) is 6.54 Å². The molecule has 0 fully saturated rings. The van der Waals surface area contributed by atoms with Crippen LogP contribution in [-0.4, -0.2) is 24.2 Å². The van der Waals surface area contributed by atoms with Gasteiger partial charge in [-0.25, -0.2) is 8.78 Å². The third-order valence-electron chi connectivity index (χ3n) is 1.92. The number of hydrogen-bond donors (Lipinski definition) is 2. The molecule has 3 nitrogen and oxygen atoms in total. The Morgan fingerprint density at radius 3 is 2.75 bits per heavy atom. The second kappa shape index (κ2) is 5.64. The zero-order valence-corrected chi connectivity index (χ0v) is 8.88. The van der Waals surface area contributed by atoms with Gasteiger partial charge in [0.05, 0.1) is 16.3 Å². The van der Waals surface area contributed by atoms with Crippen LogP contribution in [0.25, 0.3) is 0 Å². The molecule has 6 heteroatoms. The minimum absolute atomic E-state index is 0.172. The van der Waals surface area contributed by atoms with Crippen molar-refractivity contribution in [1.29, 1.82) is 5.26 Å². The summed E-state index contributed by atoms with van der Waals surface area (Å²) in [5.74, 6) is 0. The van der Waals surface area contributed by atoms with Crippen molar-refractivity contribution >= 4 is 17.3 Å². The monoisotopic (exact) mass is 246 g/mol. The molecule has 0 radical (unpaired) electrons. The summed E-state index contributed by atoms with van der Waals surface area (Å²) in [5.41, 5.74) is 0.500. The van der Waals surface area contributed by atoms with Crippen molar-refractivity contribution in [2.45, 2.75) is 12.5 Å². The first-order chi connectivity index (χ1) is 7.56. The van der Waals surface area contributed by atoms with Crippen LogP contribution in [0.4, 0.5) is 14.5 Å². The highest BCUT2D eigenvalue weighted by atomic mass is 35.5. The molecule has 1 aromatic carbocycles. The molecule has 0 aromatic heterocycles.